The molecular weight excluding hydrogens is 741 g/mol. The van der Waals surface area contributed by atoms with Crippen molar-refractivity contribution in [3.63, 3.8) is 0 Å². The minimum atomic E-state index is 0. The molecule has 0 atom stereocenters. The Bertz CT molecular complexity index is 1830. The van der Waals surface area contributed by atoms with Gasteiger partial charge in [-0.3, -0.25) is 4.98 Å². The number of hydrogen-bond acceptors (Lipinski definition) is 1. The minimum absolute atomic E-state index is 0. The topological polar surface area (TPSA) is 27.0 Å². The van der Waals surface area contributed by atoms with Gasteiger partial charge in [-0.15, -0.1) is 34.6 Å². The standard InChI is InChI=1S/C43H39N2.Au/c1-42(2,3)35-23-19-30(20-24-35)32-27-33(31-21-25-36(26-22-31)43(4,5)6)29-34(28-32)39-17-12-18-41(45-39)38-15-10-11-16-40(38)44-37-13-8-7-9-14-37;/h7-21,23-28H,1-6H3;/q-3;+3. The van der Waals surface area contributed by atoms with Crippen molar-refractivity contribution in [1.82, 2.24) is 4.98 Å². The predicted molar refractivity (Wildman–Crippen MR) is 190 cm³/mol. The molecule has 46 heavy (non-hydrogen) atoms. The van der Waals surface area contributed by atoms with Crippen LogP contribution in [0.4, 0.5) is 11.4 Å². The normalized spacial score (nSPS) is 11.5. The Kier molecular flexibility index (Phi) is 9.84. The molecule has 0 saturated carbocycles. The van der Waals surface area contributed by atoms with E-state index in [1.807, 2.05) is 48.5 Å². The van der Waals surface area contributed by atoms with E-state index in [-0.39, 0.29) is 33.2 Å². The second-order valence-electron chi connectivity index (χ2n) is 13.6. The molecule has 0 spiro atoms. The molecule has 232 valence electrons. The van der Waals surface area contributed by atoms with E-state index >= 15 is 0 Å². The third kappa shape index (κ3) is 7.59. The molecule has 1 aromatic heterocycles. The fraction of sp³-hybridized carbons (Fsp3) is 0.186. The largest absolute Gasteiger partial charge is 3.00 e. The van der Waals surface area contributed by atoms with Gasteiger partial charge in [-0.05, 0) is 33.6 Å². The summed E-state index contributed by atoms with van der Waals surface area (Å²) in [5.41, 5.74) is 12.5. The van der Waals surface area contributed by atoms with E-state index in [1.165, 1.54) is 11.1 Å². The maximum atomic E-state index is 5.18. The molecule has 2 nitrogen and oxygen atoms in total. The molecule has 0 unspecified atom stereocenters. The first-order chi connectivity index (χ1) is 21.5. The molecule has 0 fully saturated rings. The van der Waals surface area contributed by atoms with Crippen LogP contribution in [0.5, 0.6) is 0 Å². The van der Waals surface area contributed by atoms with Gasteiger partial charge in [0.15, 0.2) is 0 Å². The molecule has 6 aromatic rings. The summed E-state index contributed by atoms with van der Waals surface area (Å²) in [6, 6.07) is 51.5. The van der Waals surface area contributed by atoms with Crippen LogP contribution >= 0.6 is 0 Å². The SMILES string of the molecule is CC(C)(C)c1c[c-]c(-c2[c-]c(-c3cccc(-c4ccccc4[N-]c4ccccc4)n3)cc(-c3ccc(C(C)(C)C)cc3)c2)cc1.[Au+3]. The molecule has 3 heteroatoms. The van der Waals surface area contributed by atoms with Crippen LogP contribution in [0.2, 0.25) is 0 Å². The third-order valence-corrected chi connectivity index (χ3v) is 8.13. The molecule has 0 aliphatic rings. The van der Waals surface area contributed by atoms with Crippen molar-refractivity contribution in [2.24, 2.45) is 0 Å². The fourth-order valence-corrected chi connectivity index (χ4v) is 5.41. The second-order valence-corrected chi connectivity index (χ2v) is 13.6. The van der Waals surface area contributed by atoms with Crippen molar-refractivity contribution < 1.29 is 22.4 Å². The second kappa shape index (κ2) is 13.6. The first kappa shape index (κ1) is 33.2. The number of para-hydroxylation sites is 2. The van der Waals surface area contributed by atoms with Crippen LogP contribution in [0.1, 0.15) is 52.7 Å². The Morgan fingerprint density at radius 3 is 1.85 bits per heavy atom. The zero-order valence-corrected chi connectivity index (χ0v) is 29.5. The predicted octanol–water partition coefficient (Wildman–Crippen LogP) is 12.3. The minimum Gasteiger partial charge on any atom is -0.657 e. The van der Waals surface area contributed by atoms with Crippen LogP contribution in [0.15, 0.2) is 127 Å². The van der Waals surface area contributed by atoms with Crippen molar-refractivity contribution in [2.45, 2.75) is 52.4 Å². The smallest absolute Gasteiger partial charge is 0.657 e. The van der Waals surface area contributed by atoms with Crippen molar-refractivity contribution in [3.8, 4) is 44.8 Å². The molecule has 0 bridgehead atoms. The third-order valence-electron chi connectivity index (χ3n) is 8.13. The van der Waals surface area contributed by atoms with Crippen LogP contribution in [-0.2, 0) is 33.2 Å². The first-order valence-corrected chi connectivity index (χ1v) is 15.6. The average Bonchev–Trinajstić information content (AvgIpc) is 3.05. The van der Waals surface area contributed by atoms with E-state index in [4.69, 9.17) is 10.3 Å². The van der Waals surface area contributed by atoms with Gasteiger partial charge in [0.2, 0.25) is 0 Å². The Balaban J connectivity index is 0.00000417. The van der Waals surface area contributed by atoms with E-state index in [2.05, 4.69) is 133 Å². The van der Waals surface area contributed by atoms with Gasteiger partial charge >= 0.3 is 22.4 Å². The van der Waals surface area contributed by atoms with E-state index < -0.39 is 0 Å². The number of pyridine rings is 1. The van der Waals surface area contributed by atoms with Gasteiger partial charge in [0.1, 0.15) is 0 Å². The van der Waals surface area contributed by atoms with Gasteiger partial charge in [0.25, 0.3) is 0 Å². The van der Waals surface area contributed by atoms with Crippen LogP contribution < -0.4 is 0 Å². The van der Waals surface area contributed by atoms with E-state index in [0.717, 1.165) is 56.1 Å². The zero-order valence-electron chi connectivity index (χ0n) is 27.3. The molecule has 0 aliphatic carbocycles. The molecule has 0 N–H and O–H groups in total. The van der Waals surface area contributed by atoms with Crippen molar-refractivity contribution in [1.29, 1.82) is 0 Å². The van der Waals surface area contributed by atoms with Crippen LogP contribution in [0.25, 0.3) is 50.1 Å². The van der Waals surface area contributed by atoms with E-state index in [9.17, 15) is 0 Å². The Morgan fingerprint density at radius 1 is 0.543 bits per heavy atom. The van der Waals surface area contributed by atoms with E-state index in [0.29, 0.717) is 0 Å². The molecular formula is C43H39AuN2. The van der Waals surface area contributed by atoms with Gasteiger partial charge in [-0.2, -0.15) is 35.9 Å². The van der Waals surface area contributed by atoms with Gasteiger partial charge in [0.05, 0.1) is 5.69 Å². The van der Waals surface area contributed by atoms with Gasteiger partial charge in [0, 0.05) is 5.69 Å². The first-order valence-electron chi connectivity index (χ1n) is 15.6. The number of rotatable bonds is 6. The number of aromatic nitrogens is 1. The zero-order chi connectivity index (χ0) is 31.6. The maximum Gasteiger partial charge on any atom is 3.00 e. The van der Waals surface area contributed by atoms with Crippen LogP contribution in [0.3, 0.4) is 0 Å². The van der Waals surface area contributed by atoms with Crippen molar-refractivity contribution in [3.05, 3.63) is 156 Å². The van der Waals surface area contributed by atoms with Crippen molar-refractivity contribution >= 4 is 11.4 Å². The summed E-state index contributed by atoms with van der Waals surface area (Å²) in [7, 11) is 0. The Hall–Kier alpha value is -4.21. The maximum absolute atomic E-state index is 5.18. The quantitative estimate of drug-likeness (QED) is 0.122. The number of hydrogen-bond donors (Lipinski definition) is 0. The van der Waals surface area contributed by atoms with Gasteiger partial charge in [-0.25, -0.2) is 5.56 Å². The molecule has 5 aromatic carbocycles. The number of benzene rings is 5. The summed E-state index contributed by atoms with van der Waals surface area (Å²) < 4.78 is 0. The molecule has 0 amide bonds. The van der Waals surface area contributed by atoms with Crippen molar-refractivity contribution in [2.75, 3.05) is 0 Å². The summed E-state index contributed by atoms with van der Waals surface area (Å²) >= 11 is 0. The van der Waals surface area contributed by atoms with Gasteiger partial charge < -0.3 is 5.32 Å². The monoisotopic (exact) mass is 780 g/mol. The summed E-state index contributed by atoms with van der Waals surface area (Å²) in [6.07, 6.45) is 0. The summed E-state index contributed by atoms with van der Waals surface area (Å²) in [4.78, 5) is 5.18. The number of nitrogens with zero attached hydrogens (tertiary/aromatic N) is 2. The Labute approximate surface area is 290 Å². The van der Waals surface area contributed by atoms with Gasteiger partial charge in [-0.1, -0.05) is 138 Å². The average molecular weight is 781 g/mol. The molecule has 6 rings (SSSR count). The van der Waals surface area contributed by atoms with Crippen LogP contribution in [-0.4, -0.2) is 4.98 Å². The molecule has 0 saturated heterocycles. The molecule has 0 aliphatic heterocycles. The summed E-state index contributed by atoms with van der Waals surface area (Å²) in [5.74, 6) is 0. The fourth-order valence-electron chi connectivity index (χ4n) is 5.41. The Morgan fingerprint density at radius 2 is 1.17 bits per heavy atom. The molecule has 1 heterocycles. The van der Waals surface area contributed by atoms with Crippen LogP contribution in [0, 0.1) is 12.1 Å². The summed E-state index contributed by atoms with van der Waals surface area (Å²) in [5, 5.41) is 4.92. The summed E-state index contributed by atoms with van der Waals surface area (Å²) in [6.45, 7) is 13.4. The van der Waals surface area contributed by atoms with E-state index in [1.54, 1.807) is 0 Å². The molecule has 0 radical (unpaired) electrons.